The summed E-state index contributed by atoms with van der Waals surface area (Å²) in [6, 6.07) is 11.3. The Morgan fingerprint density at radius 3 is 2.71 bits per heavy atom. The molecule has 1 unspecified atom stereocenters. The minimum Gasteiger partial charge on any atom is -0.501 e. The van der Waals surface area contributed by atoms with Gasteiger partial charge in [-0.2, -0.15) is 0 Å². The number of anilines is 1. The molecule has 2 aromatic carbocycles. The molecule has 2 heterocycles. The fourth-order valence-electron chi connectivity index (χ4n) is 4.63. The topological polar surface area (TPSA) is 73.5 Å². The molecule has 1 aromatic heterocycles. The molecular formula is C28H33FN4O2. The molecule has 184 valence electrons. The number of fused-ring (bicyclic) bond motifs is 1. The SMILES string of the molecule is CCC/C(OC)=C(\C=C/N)C(C)c1ccc(F)c(-c2ncnc3cc(N4CCOCC4)ccc23)c1. The molecule has 4 rings (SSSR count). The molecule has 0 saturated carbocycles. The Morgan fingerprint density at radius 1 is 1.20 bits per heavy atom. The molecule has 7 heteroatoms. The second kappa shape index (κ2) is 11.3. The Hall–Kier alpha value is -3.45. The van der Waals surface area contributed by atoms with E-state index in [4.69, 9.17) is 15.2 Å². The highest BCUT2D eigenvalue weighted by Crippen LogP contribution is 2.35. The number of halogens is 1. The smallest absolute Gasteiger partial charge is 0.132 e. The molecule has 1 saturated heterocycles. The Morgan fingerprint density at radius 2 is 2.00 bits per heavy atom. The number of nitrogens with zero attached hydrogens (tertiary/aromatic N) is 3. The van der Waals surface area contributed by atoms with Crippen LogP contribution in [0.15, 0.2) is 66.3 Å². The number of hydrogen-bond donors (Lipinski definition) is 1. The minimum atomic E-state index is -0.321. The van der Waals surface area contributed by atoms with Crippen molar-refractivity contribution in [2.24, 2.45) is 5.73 Å². The van der Waals surface area contributed by atoms with E-state index in [0.717, 1.165) is 59.4 Å². The predicted molar refractivity (Wildman–Crippen MR) is 139 cm³/mol. The molecule has 0 radical (unpaired) electrons. The maximum Gasteiger partial charge on any atom is 0.132 e. The van der Waals surface area contributed by atoms with Gasteiger partial charge in [0.1, 0.15) is 12.1 Å². The average Bonchev–Trinajstić information content (AvgIpc) is 2.90. The zero-order valence-electron chi connectivity index (χ0n) is 20.6. The molecule has 3 aromatic rings. The number of allylic oxidation sites excluding steroid dienone is 3. The van der Waals surface area contributed by atoms with Crippen LogP contribution >= 0.6 is 0 Å². The van der Waals surface area contributed by atoms with Crippen LogP contribution in [0.4, 0.5) is 10.1 Å². The predicted octanol–water partition coefficient (Wildman–Crippen LogP) is 5.55. The minimum absolute atomic E-state index is 0.0447. The third kappa shape index (κ3) is 5.30. The summed E-state index contributed by atoms with van der Waals surface area (Å²) in [6.45, 7) is 7.28. The van der Waals surface area contributed by atoms with Crippen molar-refractivity contribution in [2.45, 2.75) is 32.6 Å². The lowest BCUT2D eigenvalue weighted by Gasteiger charge is -2.29. The monoisotopic (exact) mass is 476 g/mol. The van der Waals surface area contributed by atoms with Crippen LogP contribution in [0.1, 0.15) is 38.2 Å². The Kier molecular flexibility index (Phi) is 7.98. The van der Waals surface area contributed by atoms with Crippen molar-refractivity contribution in [3.05, 3.63) is 77.7 Å². The van der Waals surface area contributed by atoms with E-state index in [1.807, 2.05) is 36.4 Å². The van der Waals surface area contributed by atoms with Crippen LogP contribution in [0, 0.1) is 5.82 Å². The van der Waals surface area contributed by atoms with E-state index in [9.17, 15) is 0 Å². The zero-order chi connectivity index (χ0) is 24.8. The molecule has 0 amide bonds. The summed E-state index contributed by atoms with van der Waals surface area (Å²) in [5.41, 5.74) is 10.6. The molecule has 1 aliphatic rings. The number of methoxy groups -OCH3 is 1. The highest BCUT2D eigenvalue weighted by Gasteiger charge is 2.19. The molecule has 1 aliphatic heterocycles. The second-order valence-electron chi connectivity index (χ2n) is 8.68. The Bertz CT molecular complexity index is 1230. The van der Waals surface area contributed by atoms with Crippen molar-refractivity contribution < 1.29 is 13.9 Å². The van der Waals surface area contributed by atoms with Gasteiger partial charge in [0.15, 0.2) is 0 Å². The third-order valence-corrected chi connectivity index (χ3v) is 6.53. The van der Waals surface area contributed by atoms with Gasteiger partial charge in [0.05, 0.1) is 37.3 Å². The van der Waals surface area contributed by atoms with Crippen molar-refractivity contribution in [1.82, 2.24) is 9.97 Å². The van der Waals surface area contributed by atoms with Crippen molar-refractivity contribution in [3.8, 4) is 11.3 Å². The lowest BCUT2D eigenvalue weighted by molar-refractivity contribution is 0.122. The summed E-state index contributed by atoms with van der Waals surface area (Å²) in [5.74, 6) is 0.519. The number of ether oxygens (including phenoxy) is 2. The lowest BCUT2D eigenvalue weighted by Crippen LogP contribution is -2.36. The summed E-state index contributed by atoms with van der Waals surface area (Å²) in [4.78, 5) is 11.2. The fraction of sp³-hybridized carbons (Fsp3) is 0.357. The van der Waals surface area contributed by atoms with Gasteiger partial charge >= 0.3 is 0 Å². The van der Waals surface area contributed by atoms with Crippen LogP contribution in [-0.2, 0) is 9.47 Å². The molecular weight excluding hydrogens is 443 g/mol. The van der Waals surface area contributed by atoms with E-state index in [1.54, 1.807) is 7.11 Å². The molecule has 2 N–H and O–H groups in total. The number of nitrogens with two attached hydrogens (primary N) is 1. The first-order valence-corrected chi connectivity index (χ1v) is 12.1. The Labute approximate surface area is 206 Å². The van der Waals surface area contributed by atoms with Gasteiger partial charge in [0.2, 0.25) is 0 Å². The van der Waals surface area contributed by atoms with Gasteiger partial charge in [-0.25, -0.2) is 14.4 Å². The maximum absolute atomic E-state index is 15.2. The summed E-state index contributed by atoms with van der Waals surface area (Å²) < 4.78 is 26.3. The first-order chi connectivity index (χ1) is 17.1. The van der Waals surface area contributed by atoms with Gasteiger partial charge in [0, 0.05) is 42.1 Å². The number of hydrogen-bond acceptors (Lipinski definition) is 6. The average molecular weight is 477 g/mol. The fourth-order valence-corrected chi connectivity index (χ4v) is 4.63. The van der Waals surface area contributed by atoms with Crippen molar-refractivity contribution in [2.75, 3.05) is 38.3 Å². The highest BCUT2D eigenvalue weighted by molar-refractivity contribution is 5.94. The van der Waals surface area contributed by atoms with Gasteiger partial charge in [-0.15, -0.1) is 0 Å². The summed E-state index contributed by atoms with van der Waals surface area (Å²) in [5, 5.41) is 0.814. The second-order valence-corrected chi connectivity index (χ2v) is 8.68. The molecule has 35 heavy (non-hydrogen) atoms. The van der Waals surface area contributed by atoms with E-state index in [2.05, 4.69) is 28.7 Å². The standard InChI is InChI=1S/C28H33FN4O2/c1-4-5-27(34-3)22(10-11-30)19(2)20-6-9-25(29)24(16-20)28-23-8-7-21(17-26(23)31-18-32-28)33-12-14-35-15-13-33/h6-11,16-19H,4-5,12-15,30H2,1-3H3/b11-10-,27-22-. The van der Waals surface area contributed by atoms with E-state index in [0.29, 0.717) is 24.5 Å². The Balaban J connectivity index is 1.76. The first-order valence-electron chi connectivity index (χ1n) is 12.1. The number of morpholine rings is 1. The normalized spacial score (nSPS) is 15.9. The van der Waals surface area contributed by atoms with Crippen LogP contribution in [-0.4, -0.2) is 43.4 Å². The van der Waals surface area contributed by atoms with Crippen molar-refractivity contribution in [1.29, 1.82) is 0 Å². The van der Waals surface area contributed by atoms with E-state index in [-0.39, 0.29) is 11.7 Å². The summed E-state index contributed by atoms with van der Waals surface area (Å²) in [6.07, 6.45) is 6.65. The lowest BCUT2D eigenvalue weighted by atomic mass is 9.89. The largest absolute Gasteiger partial charge is 0.501 e. The van der Waals surface area contributed by atoms with Gasteiger partial charge in [-0.3, -0.25) is 0 Å². The highest BCUT2D eigenvalue weighted by atomic mass is 19.1. The van der Waals surface area contributed by atoms with Gasteiger partial charge < -0.3 is 20.1 Å². The zero-order valence-corrected chi connectivity index (χ0v) is 20.6. The van der Waals surface area contributed by atoms with Crippen LogP contribution in [0.3, 0.4) is 0 Å². The molecule has 1 atom stereocenters. The number of rotatable bonds is 8. The van der Waals surface area contributed by atoms with Crippen molar-refractivity contribution >= 4 is 16.6 Å². The van der Waals surface area contributed by atoms with Gasteiger partial charge in [-0.05, 0) is 60.2 Å². The summed E-state index contributed by atoms with van der Waals surface area (Å²) >= 11 is 0. The molecule has 0 bridgehead atoms. The van der Waals surface area contributed by atoms with Crippen LogP contribution in [0.2, 0.25) is 0 Å². The van der Waals surface area contributed by atoms with E-state index >= 15 is 4.39 Å². The van der Waals surface area contributed by atoms with Gasteiger partial charge in [-0.1, -0.05) is 19.9 Å². The maximum atomic E-state index is 15.2. The number of aromatic nitrogens is 2. The number of benzene rings is 2. The van der Waals surface area contributed by atoms with Crippen LogP contribution in [0.5, 0.6) is 0 Å². The van der Waals surface area contributed by atoms with Gasteiger partial charge in [0.25, 0.3) is 0 Å². The molecule has 0 aliphatic carbocycles. The van der Waals surface area contributed by atoms with Crippen LogP contribution in [0.25, 0.3) is 22.2 Å². The van der Waals surface area contributed by atoms with E-state index in [1.165, 1.54) is 18.6 Å². The molecule has 0 spiro atoms. The van der Waals surface area contributed by atoms with E-state index < -0.39 is 0 Å². The molecule has 6 nitrogen and oxygen atoms in total. The quantitative estimate of drug-likeness (QED) is 0.339. The first kappa shape index (κ1) is 24.7. The van der Waals surface area contributed by atoms with Crippen molar-refractivity contribution in [3.63, 3.8) is 0 Å². The third-order valence-electron chi connectivity index (χ3n) is 6.53. The summed E-state index contributed by atoms with van der Waals surface area (Å²) in [7, 11) is 1.68. The molecule has 1 fully saturated rings. The van der Waals surface area contributed by atoms with Crippen LogP contribution < -0.4 is 10.6 Å².